The number of phenolic OH excluding ortho intramolecular Hbond substituents is 1. The van der Waals surface area contributed by atoms with Crippen molar-refractivity contribution in [2.45, 2.75) is 84.5 Å². The number of aliphatic hydroxyl groups excluding tert-OH is 1. The van der Waals surface area contributed by atoms with Crippen molar-refractivity contribution in [3.8, 4) is 11.5 Å². The van der Waals surface area contributed by atoms with Gasteiger partial charge in [0.25, 0.3) is 5.91 Å². The van der Waals surface area contributed by atoms with Crippen LogP contribution < -0.4 is 15.4 Å². The monoisotopic (exact) mass is 560 g/mol. The molecule has 0 atom stereocenters. The van der Waals surface area contributed by atoms with Crippen molar-refractivity contribution in [3.63, 3.8) is 0 Å². The number of benzene rings is 2. The predicted molar refractivity (Wildman–Crippen MR) is 158 cm³/mol. The van der Waals surface area contributed by atoms with Crippen LogP contribution in [0.15, 0.2) is 24.3 Å². The molecule has 224 valence electrons. The maximum absolute atomic E-state index is 12.9. The van der Waals surface area contributed by atoms with Crippen LogP contribution in [-0.2, 0) is 9.47 Å². The molecule has 0 saturated heterocycles. The van der Waals surface area contributed by atoms with E-state index < -0.39 is 12.0 Å². The second kappa shape index (κ2) is 19.9. The molecular formula is C31H48N2O7. The molecule has 2 aromatic rings. The minimum absolute atomic E-state index is 0.0228. The van der Waals surface area contributed by atoms with Gasteiger partial charge in [0.15, 0.2) is 0 Å². The van der Waals surface area contributed by atoms with Gasteiger partial charge in [-0.1, -0.05) is 76.8 Å². The number of hydrogen-bond donors (Lipinski definition) is 4. The van der Waals surface area contributed by atoms with Crippen LogP contribution >= 0.6 is 0 Å². The Morgan fingerprint density at radius 1 is 0.875 bits per heavy atom. The van der Waals surface area contributed by atoms with Crippen molar-refractivity contribution in [2.75, 3.05) is 44.9 Å². The Balaban J connectivity index is 1.81. The highest BCUT2D eigenvalue weighted by Crippen LogP contribution is 2.40. The molecule has 0 fully saturated rings. The van der Waals surface area contributed by atoms with Crippen molar-refractivity contribution >= 4 is 28.5 Å². The fraction of sp³-hybridized carbons (Fsp3) is 0.613. The van der Waals surface area contributed by atoms with Crippen LogP contribution in [0.3, 0.4) is 0 Å². The van der Waals surface area contributed by atoms with E-state index >= 15 is 0 Å². The maximum atomic E-state index is 12.9. The van der Waals surface area contributed by atoms with E-state index in [4.69, 9.17) is 14.2 Å². The first-order chi connectivity index (χ1) is 19.5. The molecule has 0 aliphatic rings. The van der Waals surface area contributed by atoms with Crippen molar-refractivity contribution in [1.82, 2.24) is 5.32 Å². The molecule has 9 nitrogen and oxygen atoms in total. The van der Waals surface area contributed by atoms with Crippen LogP contribution in [0.1, 0.15) is 94.8 Å². The molecule has 40 heavy (non-hydrogen) atoms. The number of aliphatic hydroxyl groups is 1. The molecule has 0 heterocycles. The van der Waals surface area contributed by atoms with Crippen LogP contribution in [0.25, 0.3) is 10.8 Å². The fourth-order valence-corrected chi connectivity index (χ4v) is 4.52. The largest absolute Gasteiger partial charge is 0.506 e. The lowest BCUT2D eigenvalue weighted by Crippen LogP contribution is -2.25. The van der Waals surface area contributed by atoms with Gasteiger partial charge in [0.2, 0.25) is 0 Å². The Bertz CT molecular complexity index is 1030. The third-order valence-electron chi connectivity index (χ3n) is 6.60. The molecule has 2 amide bonds. The van der Waals surface area contributed by atoms with Gasteiger partial charge in [-0.2, -0.15) is 0 Å². The summed E-state index contributed by atoms with van der Waals surface area (Å²) in [4.78, 5) is 24.9. The first-order valence-corrected chi connectivity index (χ1v) is 14.9. The number of carbonyl (C=O) groups excluding carboxylic acids is 2. The van der Waals surface area contributed by atoms with Gasteiger partial charge in [0.05, 0.1) is 29.9 Å². The molecule has 0 spiro atoms. The molecule has 4 N–H and O–H groups in total. The van der Waals surface area contributed by atoms with Gasteiger partial charge >= 0.3 is 6.09 Å². The SMILES string of the molecule is CCCCCCCCCCCCOCCCNC(=O)c1cc(OCCO)c2c(NC(=O)OCC)cccc2c1O. The summed E-state index contributed by atoms with van der Waals surface area (Å²) in [5.74, 6) is -0.431. The molecule has 0 aliphatic carbocycles. The summed E-state index contributed by atoms with van der Waals surface area (Å²) in [6.07, 6.45) is 12.9. The lowest BCUT2D eigenvalue weighted by atomic mass is 10.0. The molecule has 0 aliphatic heterocycles. The topological polar surface area (TPSA) is 126 Å². The molecule has 2 aromatic carbocycles. The third kappa shape index (κ3) is 11.6. The number of rotatable bonds is 21. The number of carbonyl (C=O) groups is 2. The number of anilines is 1. The zero-order chi connectivity index (χ0) is 29.0. The number of ether oxygens (including phenoxy) is 3. The van der Waals surface area contributed by atoms with E-state index in [1.807, 2.05) is 0 Å². The Morgan fingerprint density at radius 2 is 1.55 bits per heavy atom. The molecule has 9 heteroatoms. The molecule has 2 rings (SSSR count). The Labute approximate surface area is 238 Å². The summed E-state index contributed by atoms with van der Waals surface area (Å²) in [5, 5.41) is 26.4. The second-order valence-electron chi connectivity index (χ2n) is 9.82. The highest BCUT2D eigenvalue weighted by Gasteiger charge is 2.21. The average molecular weight is 561 g/mol. The number of phenols is 1. The number of hydrogen-bond acceptors (Lipinski definition) is 7. The second-order valence-corrected chi connectivity index (χ2v) is 9.82. The summed E-state index contributed by atoms with van der Waals surface area (Å²) in [6.45, 7) is 5.55. The van der Waals surface area contributed by atoms with Crippen molar-refractivity contribution < 1.29 is 34.0 Å². The highest BCUT2D eigenvalue weighted by atomic mass is 16.5. The quantitative estimate of drug-likeness (QED) is 0.128. The fourth-order valence-electron chi connectivity index (χ4n) is 4.52. The predicted octanol–water partition coefficient (Wildman–Crippen LogP) is 6.54. The number of fused-ring (bicyclic) bond motifs is 1. The van der Waals surface area contributed by atoms with Crippen LogP contribution in [-0.4, -0.2) is 61.8 Å². The zero-order valence-electron chi connectivity index (χ0n) is 24.3. The van der Waals surface area contributed by atoms with E-state index in [1.54, 1.807) is 25.1 Å². The number of nitrogens with one attached hydrogen (secondary N) is 2. The summed E-state index contributed by atoms with van der Waals surface area (Å²) in [7, 11) is 0. The summed E-state index contributed by atoms with van der Waals surface area (Å²) >= 11 is 0. The lowest BCUT2D eigenvalue weighted by Gasteiger charge is -2.17. The summed E-state index contributed by atoms with van der Waals surface area (Å²) in [5.41, 5.74) is 0.394. The van der Waals surface area contributed by atoms with Gasteiger partial charge in [0.1, 0.15) is 18.1 Å². The normalized spacial score (nSPS) is 11.0. The minimum atomic E-state index is -0.653. The van der Waals surface area contributed by atoms with E-state index in [0.717, 1.165) is 13.0 Å². The molecular weight excluding hydrogens is 512 g/mol. The first-order valence-electron chi connectivity index (χ1n) is 14.9. The summed E-state index contributed by atoms with van der Waals surface area (Å²) in [6, 6.07) is 6.33. The molecule has 0 unspecified atom stereocenters. The van der Waals surface area contributed by atoms with Gasteiger partial charge in [-0.15, -0.1) is 0 Å². The van der Waals surface area contributed by atoms with Crippen LogP contribution in [0.4, 0.5) is 10.5 Å². The lowest BCUT2D eigenvalue weighted by molar-refractivity contribution is 0.0937. The van der Waals surface area contributed by atoms with Gasteiger partial charge < -0.3 is 29.7 Å². The Morgan fingerprint density at radius 3 is 2.23 bits per heavy atom. The Hall–Kier alpha value is -3.04. The van der Waals surface area contributed by atoms with Crippen LogP contribution in [0, 0.1) is 0 Å². The van der Waals surface area contributed by atoms with Gasteiger partial charge in [-0.3, -0.25) is 10.1 Å². The maximum Gasteiger partial charge on any atom is 0.411 e. The van der Waals surface area contributed by atoms with Crippen LogP contribution in [0.2, 0.25) is 0 Å². The highest BCUT2D eigenvalue weighted by molar-refractivity contribution is 6.11. The van der Waals surface area contributed by atoms with Gasteiger partial charge in [-0.05, 0) is 31.9 Å². The summed E-state index contributed by atoms with van der Waals surface area (Å²) < 4.78 is 16.3. The smallest absolute Gasteiger partial charge is 0.411 e. The zero-order valence-corrected chi connectivity index (χ0v) is 24.3. The Kier molecular flexibility index (Phi) is 16.5. The van der Waals surface area contributed by atoms with E-state index in [2.05, 4.69) is 17.6 Å². The van der Waals surface area contributed by atoms with Crippen molar-refractivity contribution in [3.05, 3.63) is 29.8 Å². The van der Waals surface area contributed by atoms with Crippen molar-refractivity contribution in [1.29, 1.82) is 0 Å². The standard InChI is InChI=1S/C31H48N2O7/c1-3-5-6-7-8-9-10-11-12-13-20-38-21-15-18-32-30(36)25-23-27(40-22-19-34)28-24(29(25)35)16-14-17-26(28)33-31(37)39-4-2/h14,16-17,23,34-35H,3-13,15,18-22H2,1-2H3,(H,32,36)(H,33,37). The van der Waals surface area contributed by atoms with E-state index in [0.29, 0.717) is 36.0 Å². The van der Waals surface area contributed by atoms with Gasteiger partial charge in [0, 0.05) is 25.1 Å². The van der Waals surface area contributed by atoms with Gasteiger partial charge in [-0.25, -0.2) is 4.79 Å². The van der Waals surface area contributed by atoms with Crippen LogP contribution in [0.5, 0.6) is 11.5 Å². The first kappa shape index (κ1) is 33.2. The third-order valence-corrected chi connectivity index (χ3v) is 6.60. The number of aromatic hydroxyl groups is 1. The van der Waals surface area contributed by atoms with E-state index in [-0.39, 0.29) is 36.9 Å². The molecule has 0 bridgehead atoms. The van der Waals surface area contributed by atoms with Crippen molar-refractivity contribution in [2.24, 2.45) is 0 Å². The number of unbranched alkanes of at least 4 members (excludes halogenated alkanes) is 9. The minimum Gasteiger partial charge on any atom is -0.506 e. The average Bonchev–Trinajstić information content (AvgIpc) is 2.95. The number of amides is 2. The van der Waals surface area contributed by atoms with E-state index in [1.165, 1.54) is 63.9 Å². The molecule has 0 aromatic heterocycles. The molecule has 0 radical (unpaired) electrons. The van der Waals surface area contributed by atoms with E-state index in [9.17, 15) is 19.8 Å². The molecule has 0 saturated carbocycles.